The monoisotopic (exact) mass is 439 g/mol. The van der Waals surface area contributed by atoms with Crippen molar-refractivity contribution in [2.75, 3.05) is 5.75 Å². The summed E-state index contributed by atoms with van der Waals surface area (Å²) >= 11 is 0. The highest BCUT2D eigenvalue weighted by Gasteiger charge is 2.36. The molecular weight excluding hydrogens is 423 g/mol. The highest BCUT2D eigenvalue weighted by Crippen LogP contribution is 2.32. The maximum absolute atomic E-state index is 13.4. The van der Waals surface area contributed by atoms with Crippen LogP contribution in [0.1, 0.15) is 25.2 Å². The quantitative estimate of drug-likeness (QED) is 0.618. The highest BCUT2D eigenvalue weighted by molar-refractivity contribution is 7.91. The van der Waals surface area contributed by atoms with Crippen LogP contribution in [-0.2, 0) is 29.6 Å². The van der Waals surface area contributed by atoms with Crippen LogP contribution in [0.15, 0.2) is 27.9 Å². The van der Waals surface area contributed by atoms with Crippen LogP contribution in [0.2, 0.25) is 0 Å². The smallest absolute Gasteiger partial charge is 0.321 e. The fraction of sp³-hybridized carbons (Fsp3) is 0.333. The molecule has 3 aromatic rings. The van der Waals surface area contributed by atoms with E-state index in [1.54, 1.807) is 6.07 Å². The molecule has 0 fully saturated rings. The van der Waals surface area contributed by atoms with Gasteiger partial charge < -0.3 is 9.13 Å². The molecule has 0 N–H and O–H groups in total. The minimum Gasteiger partial charge on any atom is -0.321 e. The fourth-order valence-corrected chi connectivity index (χ4v) is 4.17. The van der Waals surface area contributed by atoms with Gasteiger partial charge in [0.2, 0.25) is 0 Å². The second kappa shape index (κ2) is 7.24. The van der Waals surface area contributed by atoms with E-state index in [4.69, 9.17) is 5.26 Å². The molecule has 0 bridgehead atoms. The van der Waals surface area contributed by atoms with Crippen LogP contribution >= 0.6 is 0 Å². The first-order chi connectivity index (χ1) is 14.0. The minimum absolute atomic E-state index is 0.103. The molecule has 0 aromatic carbocycles. The Kier molecular flexibility index (Phi) is 5.19. The number of halogens is 3. The first kappa shape index (κ1) is 21.5. The Labute approximate surface area is 169 Å². The summed E-state index contributed by atoms with van der Waals surface area (Å²) in [4.78, 5) is 20.6. The summed E-state index contributed by atoms with van der Waals surface area (Å²) in [7, 11) is -2.42. The third-order valence-corrected chi connectivity index (χ3v) is 6.40. The molecule has 3 aromatic heterocycles. The number of aromatic nitrogens is 4. The summed E-state index contributed by atoms with van der Waals surface area (Å²) in [5.74, 6) is -0.397. The number of hydrogen-bond acceptors (Lipinski definition) is 6. The van der Waals surface area contributed by atoms with Gasteiger partial charge in [0.25, 0.3) is 5.56 Å². The normalized spacial score (nSPS) is 12.3. The summed E-state index contributed by atoms with van der Waals surface area (Å²) in [5, 5.41) is 9.14. The van der Waals surface area contributed by atoms with E-state index in [9.17, 15) is 26.4 Å². The standard InChI is InChI=1S/C18H16F3N5O3S/c1-4-26-13(18(19,20)21)8-11-15(17(26)27)25(3)16(24-11)14-12(30(28,29)5-2)7-6-10(9-22)23-14/h6-8H,4-5H2,1-3H3. The lowest BCUT2D eigenvalue weighted by Crippen LogP contribution is -2.28. The molecule has 3 rings (SSSR count). The lowest BCUT2D eigenvalue weighted by molar-refractivity contribution is -0.144. The largest absolute Gasteiger partial charge is 0.431 e. The van der Waals surface area contributed by atoms with Crippen LogP contribution < -0.4 is 5.56 Å². The van der Waals surface area contributed by atoms with E-state index < -0.39 is 27.3 Å². The second-order valence-electron chi connectivity index (χ2n) is 6.36. The minimum atomic E-state index is -4.78. The van der Waals surface area contributed by atoms with Crippen LogP contribution in [0.3, 0.4) is 0 Å². The topological polar surface area (TPSA) is 111 Å². The van der Waals surface area contributed by atoms with Gasteiger partial charge in [0.1, 0.15) is 28.7 Å². The van der Waals surface area contributed by atoms with Crippen LogP contribution in [0.25, 0.3) is 22.6 Å². The van der Waals surface area contributed by atoms with Crippen LogP contribution in [0.4, 0.5) is 13.2 Å². The number of imidazole rings is 1. The number of nitriles is 1. The van der Waals surface area contributed by atoms with Gasteiger partial charge in [-0.25, -0.2) is 18.4 Å². The SMILES string of the molecule is CCn1c(C(F)(F)F)cc2nc(-c3nc(C#N)ccc3S(=O)(=O)CC)n(C)c2c1=O. The van der Waals surface area contributed by atoms with Crippen molar-refractivity contribution in [1.82, 2.24) is 19.1 Å². The van der Waals surface area contributed by atoms with Gasteiger partial charge in [-0.05, 0) is 25.1 Å². The van der Waals surface area contributed by atoms with Crippen LogP contribution in [0.5, 0.6) is 0 Å². The van der Waals surface area contributed by atoms with Crippen molar-refractivity contribution < 1.29 is 21.6 Å². The molecule has 0 radical (unpaired) electrons. The van der Waals surface area contributed by atoms with E-state index in [1.807, 2.05) is 0 Å². The molecule has 8 nitrogen and oxygen atoms in total. The average Bonchev–Trinajstić information content (AvgIpc) is 3.03. The van der Waals surface area contributed by atoms with Crippen molar-refractivity contribution in [3.05, 3.63) is 39.9 Å². The number of nitrogens with zero attached hydrogens (tertiary/aromatic N) is 5. The summed E-state index contributed by atoms with van der Waals surface area (Å²) in [6.07, 6.45) is -4.78. The number of hydrogen-bond donors (Lipinski definition) is 0. The molecule has 30 heavy (non-hydrogen) atoms. The van der Waals surface area contributed by atoms with Crippen molar-refractivity contribution in [2.45, 2.75) is 31.5 Å². The van der Waals surface area contributed by atoms with Crippen LogP contribution in [-0.4, -0.2) is 33.3 Å². The molecule has 0 aliphatic rings. The van der Waals surface area contributed by atoms with Crippen molar-refractivity contribution in [3.63, 3.8) is 0 Å². The first-order valence-corrected chi connectivity index (χ1v) is 10.4. The van der Waals surface area contributed by atoms with Crippen molar-refractivity contribution in [1.29, 1.82) is 5.26 Å². The molecule has 0 unspecified atom stereocenters. The van der Waals surface area contributed by atoms with E-state index in [0.717, 1.165) is 6.07 Å². The number of rotatable bonds is 4. The van der Waals surface area contributed by atoms with Gasteiger partial charge in [-0.1, -0.05) is 6.92 Å². The van der Waals surface area contributed by atoms with Gasteiger partial charge in [0.15, 0.2) is 15.7 Å². The molecule has 0 amide bonds. The number of pyridine rings is 2. The third-order valence-electron chi connectivity index (χ3n) is 4.64. The second-order valence-corrected chi connectivity index (χ2v) is 8.61. The molecule has 0 aliphatic carbocycles. The highest BCUT2D eigenvalue weighted by atomic mass is 32.2. The summed E-state index contributed by atoms with van der Waals surface area (Å²) in [5.41, 5.74) is -2.77. The molecule has 3 heterocycles. The first-order valence-electron chi connectivity index (χ1n) is 8.78. The Bertz CT molecular complexity index is 1360. The van der Waals surface area contributed by atoms with Crippen molar-refractivity contribution >= 4 is 20.9 Å². The van der Waals surface area contributed by atoms with E-state index >= 15 is 0 Å². The number of sulfone groups is 1. The number of fused-ring (bicyclic) bond motifs is 1. The van der Waals surface area contributed by atoms with Gasteiger partial charge in [-0.3, -0.25) is 4.79 Å². The van der Waals surface area contributed by atoms with Crippen molar-refractivity contribution in [3.8, 4) is 17.6 Å². The zero-order chi connectivity index (χ0) is 22.4. The fourth-order valence-electron chi connectivity index (χ4n) is 3.15. The number of aryl methyl sites for hydroxylation is 1. The summed E-state index contributed by atoms with van der Waals surface area (Å²) in [6, 6.07) is 4.95. The molecule has 0 spiro atoms. The van der Waals surface area contributed by atoms with E-state index in [0.29, 0.717) is 4.57 Å². The Morgan fingerprint density at radius 1 is 1.20 bits per heavy atom. The Morgan fingerprint density at radius 3 is 2.40 bits per heavy atom. The van der Waals surface area contributed by atoms with Crippen LogP contribution in [0, 0.1) is 11.3 Å². The predicted molar refractivity (Wildman–Crippen MR) is 101 cm³/mol. The number of alkyl halides is 3. The Balaban J connectivity index is 2.46. The van der Waals surface area contributed by atoms with Crippen molar-refractivity contribution in [2.24, 2.45) is 7.05 Å². The zero-order valence-electron chi connectivity index (χ0n) is 16.1. The maximum atomic E-state index is 13.4. The predicted octanol–water partition coefficient (Wildman–Crippen LogP) is 2.50. The molecule has 12 heteroatoms. The van der Waals surface area contributed by atoms with Gasteiger partial charge >= 0.3 is 6.18 Å². The molecule has 0 saturated carbocycles. The Morgan fingerprint density at radius 2 is 1.87 bits per heavy atom. The Hall–Kier alpha value is -3.20. The van der Waals surface area contributed by atoms with E-state index in [2.05, 4.69) is 9.97 Å². The summed E-state index contributed by atoms with van der Waals surface area (Å²) < 4.78 is 67.0. The average molecular weight is 439 g/mol. The zero-order valence-corrected chi connectivity index (χ0v) is 17.0. The molecule has 0 atom stereocenters. The van der Waals surface area contributed by atoms with Gasteiger partial charge in [-0.15, -0.1) is 0 Å². The molecule has 158 valence electrons. The third kappa shape index (κ3) is 3.35. The van der Waals surface area contributed by atoms with Gasteiger partial charge in [-0.2, -0.15) is 18.4 Å². The maximum Gasteiger partial charge on any atom is 0.431 e. The molecule has 0 aliphatic heterocycles. The summed E-state index contributed by atoms with van der Waals surface area (Å²) in [6.45, 7) is 2.60. The van der Waals surface area contributed by atoms with Gasteiger partial charge in [0, 0.05) is 13.6 Å². The van der Waals surface area contributed by atoms with E-state index in [-0.39, 0.29) is 45.4 Å². The van der Waals surface area contributed by atoms with E-state index in [1.165, 1.54) is 37.6 Å². The lowest BCUT2D eigenvalue weighted by Gasteiger charge is -2.14. The molecular formula is C18H16F3N5O3S. The van der Waals surface area contributed by atoms with Gasteiger partial charge in [0.05, 0.1) is 16.2 Å². The lowest BCUT2D eigenvalue weighted by atomic mass is 10.3. The molecule has 0 saturated heterocycles.